The summed E-state index contributed by atoms with van der Waals surface area (Å²) in [5, 5.41) is 10.0. The smallest absolute Gasteiger partial charge is 0.790 e. The first-order chi connectivity index (χ1) is 19.4. The van der Waals surface area contributed by atoms with Crippen LogP contribution in [0.3, 0.4) is 0 Å². The molecule has 0 radical (unpaired) electrons. The van der Waals surface area contributed by atoms with Gasteiger partial charge in [0, 0.05) is 24.2 Å². The maximum atomic E-state index is 13.8. The van der Waals surface area contributed by atoms with Crippen molar-refractivity contribution in [2.45, 2.75) is 31.1 Å². The van der Waals surface area contributed by atoms with Gasteiger partial charge in [-0.15, -0.1) is 0 Å². The molecule has 0 unspecified atom stereocenters. The summed E-state index contributed by atoms with van der Waals surface area (Å²) in [4.78, 5) is 67.0. The summed E-state index contributed by atoms with van der Waals surface area (Å²) < 4.78 is 17.1. The molecule has 0 aliphatic carbocycles. The van der Waals surface area contributed by atoms with Gasteiger partial charge in [-0.25, -0.2) is 24.3 Å². The van der Waals surface area contributed by atoms with Crippen LogP contribution in [0.15, 0.2) is 69.7 Å². The number of hydrogen-bond donors (Lipinski definition) is 0. The van der Waals surface area contributed by atoms with Crippen molar-refractivity contribution < 1.29 is 78.0 Å². The first kappa shape index (κ1) is 35.2. The Labute approximate surface area is 293 Å². The Hall–Kier alpha value is -2.25. The SMILES string of the molecule is CSc1ncc(-c2ccc3ncc4c(=O)n(COP(=O)([O-])[O-])c(=O)n(-c5ccc(C(C)(C)C#N)cc5)c4c3n2)cn1.[Na+].[Na+]. The number of hydrogen-bond acceptors (Lipinski definition) is 12. The molecule has 1 aromatic carbocycles. The summed E-state index contributed by atoms with van der Waals surface area (Å²) in [6, 6.07) is 12.1. The van der Waals surface area contributed by atoms with Crippen LogP contribution in [-0.4, -0.2) is 35.3 Å². The number of benzene rings is 1. The van der Waals surface area contributed by atoms with Gasteiger partial charge in [-0.3, -0.25) is 14.3 Å². The molecule has 0 saturated heterocycles. The van der Waals surface area contributed by atoms with Crippen LogP contribution in [0, 0.1) is 11.3 Å². The molecule has 5 rings (SSSR count). The van der Waals surface area contributed by atoms with Crippen LogP contribution < -0.4 is 80.2 Å². The fourth-order valence-electron chi connectivity index (χ4n) is 4.17. The molecule has 5 aromatic rings. The molecule has 0 aliphatic rings. The van der Waals surface area contributed by atoms with E-state index in [0.29, 0.717) is 32.1 Å². The van der Waals surface area contributed by atoms with Crippen molar-refractivity contribution in [1.82, 2.24) is 29.1 Å². The summed E-state index contributed by atoms with van der Waals surface area (Å²) in [6.07, 6.45) is 6.29. The molecule has 0 amide bonds. The van der Waals surface area contributed by atoms with Gasteiger partial charge in [0.1, 0.15) is 12.2 Å². The van der Waals surface area contributed by atoms with Crippen molar-refractivity contribution in [3.8, 4) is 23.0 Å². The van der Waals surface area contributed by atoms with Crippen LogP contribution in [-0.2, 0) is 21.2 Å². The minimum atomic E-state index is -5.51. The second-order valence-electron chi connectivity index (χ2n) is 9.38. The van der Waals surface area contributed by atoms with Crippen molar-refractivity contribution in [3.05, 3.63) is 81.4 Å². The Kier molecular flexibility index (Phi) is 11.3. The fourth-order valence-corrected chi connectivity index (χ4v) is 4.75. The predicted octanol–water partition coefficient (Wildman–Crippen LogP) is -4.11. The molecule has 43 heavy (non-hydrogen) atoms. The molecule has 4 aromatic heterocycles. The van der Waals surface area contributed by atoms with Crippen LogP contribution in [0.1, 0.15) is 19.4 Å². The zero-order valence-corrected chi connectivity index (χ0v) is 29.5. The summed E-state index contributed by atoms with van der Waals surface area (Å²) >= 11 is 1.38. The molecule has 208 valence electrons. The minimum absolute atomic E-state index is 0. The molecule has 17 heteroatoms. The monoisotopic (exact) mass is 635 g/mol. The Morgan fingerprint density at radius 2 is 1.67 bits per heavy atom. The van der Waals surface area contributed by atoms with E-state index in [1.807, 2.05) is 6.26 Å². The van der Waals surface area contributed by atoms with E-state index in [2.05, 4.69) is 25.5 Å². The molecule has 0 bridgehead atoms. The molecule has 4 heterocycles. The average molecular weight is 636 g/mol. The van der Waals surface area contributed by atoms with Gasteiger partial charge in [0.05, 0.1) is 47.1 Å². The van der Waals surface area contributed by atoms with E-state index in [4.69, 9.17) is 4.98 Å². The molecule has 13 nitrogen and oxygen atoms in total. The van der Waals surface area contributed by atoms with Gasteiger partial charge in [-0.1, -0.05) is 23.9 Å². The third-order valence-corrected chi connectivity index (χ3v) is 7.39. The van der Waals surface area contributed by atoms with Crippen molar-refractivity contribution >= 4 is 41.5 Å². The second-order valence-corrected chi connectivity index (χ2v) is 11.3. The molecular weight excluding hydrogens is 615 g/mol. The Bertz CT molecular complexity index is 2020. The minimum Gasteiger partial charge on any atom is -0.790 e. The number of pyridine rings is 2. The number of phosphoric acid groups is 1. The van der Waals surface area contributed by atoms with Crippen LogP contribution in [0.4, 0.5) is 0 Å². The number of thioether (sulfide) groups is 1. The van der Waals surface area contributed by atoms with E-state index in [-0.39, 0.29) is 81.2 Å². The molecule has 0 saturated carbocycles. The Balaban J connectivity index is 0.00000253. The molecule has 0 spiro atoms. The van der Waals surface area contributed by atoms with E-state index in [0.717, 1.165) is 4.57 Å². The molecular formula is C26H20N7Na2O6PS. The zero-order chi connectivity index (χ0) is 29.5. The van der Waals surface area contributed by atoms with Gasteiger partial charge in [-0.2, -0.15) is 5.26 Å². The summed E-state index contributed by atoms with van der Waals surface area (Å²) in [5.41, 5.74) is -0.0406. The first-order valence-corrected chi connectivity index (χ1v) is 14.6. The first-order valence-electron chi connectivity index (χ1n) is 11.9. The standard InChI is InChI=1S/C26H22N7O6PS.2Na/c1-26(2,13-27)16-4-6-17(7-5-16)33-22-18(23(34)32(25(33)35)14-39-40(36,37)38)12-28-20-9-8-19(31-21(20)22)15-10-29-24(41-3)30-11-15;;/h4-12H,14H2,1-3H3,(H2,36,37,38);;/q;2*+1/p-2. The van der Waals surface area contributed by atoms with Gasteiger partial charge in [0.2, 0.25) is 0 Å². The van der Waals surface area contributed by atoms with Crippen molar-refractivity contribution in [2.75, 3.05) is 6.26 Å². The van der Waals surface area contributed by atoms with E-state index >= 15 is 0 Å². The quantitative estimate of drug-likeness (QED) is 0.0553. The molecule has 0 fully saturated rings. The maximum Gasteiger partial charge on any atom is 1.00 e. The van der Waals surface area contributed by atoms with Gasteiger partial charge in [0.25, 0.3) is 5.56 Å². The van der Waals surface area contributed by atoms with E-state index in [1.165, 1.54) is 18.0 Å². The maximum absolute atomic E-state index is 13.8. The zero-order valence-electron chi connectivity index (χ0n) is 23.8. The number of phosphoric ester groups is 1. The normalized spacial score (nSPS) is 11.5. The number of nitriles is 1. The van der Waals surface area contributed by atoms with Crippen molar-refractivity contribution in [2.24, 2.45) is 0 Å². The topological polar surface area (TPSA) is 192 Å². The van der Waals surface area contributed by atoms with Crippen LogP contribution in [0.5, 0.6) is 0 Å². The number of nitrogens with zero attached hydrogens (tertiary/aromatic N) is 7. The average Bonchev–Trinajstić information content (AvgIpc) is 2.96. The van der Waals surface area contributed by atoms with E-state index < -0.39 is 31.2 Å². The van der Waals surface area contributed by atoms with Crippen molar-refractivity contribution in [1.29, 1.82) is 5.26 Å². The third-order valence-electron chi connectivity index (χ3n) is 6.39. The van der Waals surface area contributed by atoms with Gasteiger partial charge in [-0.05, 0) is 49.9 Å². The summed E-state index contributed by atoms with van der Waals surface area (Å²) in [6.45, 7) is 2.36. The van der Waals surface area contributed by atoms with Gasteiger partial charge in [0.15, 0.2) is 5.16 Å². The Morgan fingerprint density at radius 1 is 1.02 bits per heavy atom. The number of rotatable bonds is 7. The predicted molar refractivity (Wildman–Crippen MR) is 147 cm³/mol. The van der Waals surface area contributed by atoms with Crippen LogP contribution in [0.25, 0.3) is 38.9 Å². The second kappa shape index (κ2) is 13.8. The Morgan fingerprint density at radius 3 is 2.26 bits per heavy atom. The summed E-state index contributed by atoms with van der Waals surface area (Å²) in [5.74, 6) is 0. The summed E-state index contributed by atoms with van der Waals surface area (Å²) in [7, 11) is -5.51. The van der Waals surface area contributed by atoms with Crippen LogP contribution in [0.2, 0.25) is 0 Å². The third kappa shape index (κ3) is 7.19. The molecule has 0 N–H and O–H groups in total. The van der Waals surface area contributed by atoms with Crippen LogP contribution >= 0.6 is 19.6 Å². The molecule has 0 atom stereocenters. The van der Waals surface area contributed by atoms with E-state index in [1.54, 1.807) is 62.6 Å². The number of fused-ring (bicyclic) bond motifs is 3. The number of aromatic nitrogens is 6. The largest absolute Gasteiger partial charge is 1.00 e. The van der Waals surface area contributed by atoms with Gasteiger partial charge >= 0.3 is 64.8 Å². The van der Waals surface area contributed by atoms with E-state index in [9.17, 15) is 29.2 Å². The van der Waals surface area contributed by atoms with Gasteiger partial charge < -0.3 is 18.9 Å². The molecule has 0 aliphatic heterocycles. The van der Waals surface area contributed by atoms with Crippen molar-refractivity contribution in [3.63, 3.8) is 0 Å². The fraction of sp³-hybridized carbons (Fsp3) is 0.192.